The number of aryl methyl sites for hydroxylation is 1. The van der Waals surface area contributed by atoms with Gasteiger partial charge in [-0.05, 0) is 48.4 Å². The number of hydrogen-bond donors (Lipinski definition) is 2. The minimum atomic E-state index is -3.97. The molecule has 11 nitrogen and oxygen atoms in total. The molecule has 2 aromatic heterocycles. The number of nitrogen functional groups attached to an aromatic ring is 1. The highest BCUT2D eigenvalue weighted by atomic mass is 32.2. The number of hydrogen-bond acceptors (Lipinski definition) is 10. The molecular weight excluding hydrogens is 528 g/mol. The predicted molar refractivity (Wildman–Crippen MR) is 147 cm³/mol. The molecule has 1 saturated heterocycles. The molecule has 204 valence electrons. The molecule has 2 atom stereocenters. The SMILES string of the molecule is CCOC(=O)[C@@H](Cc1cc2ccnc(N)c2cc1CC)N1CC[C@H](NS(=O)(=O)c2cnc(N(C)C)s2)C1=O. The van der Waals surface area contributed by atoms with E-state index in [0.717, 1.165) is 33.2 Å². The quantitative estimate of drug-likeness (QED) is 0.355. The molecular formula is C25H32N6O5S2. The largest absolute Gasteiger partial charge is 0.464 e. The second kappa shape index (κ2) is 11.2. The summed E-state index contributed by atoms with van der Waals surface area (Å²) in [6.07, 6.45) is 4.05. The number of likely N-dealkylation sites (tertiary alicyclic amines) is 1. The molecule has 0 saturated carbocycles. The number of sulfonamides is 1. The standard InChI is InChI=1S/C25H32N6O5S2/c1-5-15-12-18-16(7-9-27-22(18)26)11-17(15)13-20(24(33)36-6-2)31-10-8-19(23(31)32)29-38(34,35)21-14-28-25(37-21)30(3)4/h7,9,11-12,14,19-20,29H,5-6,8,10,13H2,1-4H3,(H2,26,27)/t19-,20+/m0/s1. The number of thiazole rings is 1. The number of nitrogens with one attached hydrogen (secondary N) is 1. The summed E-state index contributed by atoms with van der Waals surface area (Å²) < 4.78 is 33.8. The first-order chi connectivity index (χ1) is 18.1. The van der Waals surface area contributed by atoms with Crippen molar-refractivity contribution in [2.75, 3.05) is 37.9 Å². The molecule has 0 aliphatic carbocycles. The number of rotatable bonds is 10. The average molecular weight is 561 g/mol. The monoisotopic (exact) mass is 560 g/mol. The van der Waals surface area contributed by atoms with Crippen molar-refractivity contribution in [3.8, 4) is 0 Å². The molecule has 0 radical (unpaired) electrons. The van der Waals surface area contributed by atoms with Crippen LogP contribution >= 0.6 is 11.3 Å². The molecule has 3 heterocycles. The summed E-state index contributed by atoms with van der Waals surface area (Å²) in [5.74, 6) is -0.565. The Hall–Kier alpha value is -3.29. The third kappa shape index (κ3) is 5.59. The number of carbonyl (C=O) groups excluding carboxylic acids is 2. The van der Waals surface area contributed by atoms with E-state index in [-0.39, 0.29) is 30.2 Å². The van der Waals surface area contributed by atoms with E-state index in [1.807, 2.05) is 25.1 Å². The van der Waals surface area contributed by atoms with Gasteiger partial charge in [-0.25, -0.2) is 23.2 Å². The van der Waals surface area contributed by atoms with Crippen LogP contribution in [0.1, 0.15) is 31.4 Å². The van der Waals surface area contributed by atoms with Crippen molar-refractivity contribution in [2.24, 2.45) is 0 Å². The Morgan fingerprint density at radius 3 is 2.71 bits per heavy atom. The van der Waals surface area contributed by atoms with Gasteiger partial charge >= 0.3 is 5.97 Å². The van der Waals surface area contributed by atoms with Crippen LogP contribution in [-0.4, -0.2) is 74.5 Å². The van der Waals surface area contributed by atoms with Gasteiger partial charge in [0.25, 0.3) is 10.0 Å². The van der Waals surface area contributed by atoms with E-state index < -0.39 is 34.0 Å². The van der Waals surface area contributed by atoms with Gasteiger partial charge in [-0.3, -0.25) is 4.79 Å². The van der Waals surface area contributed by atoms with Crippen molar-refractivity contribution in [3.05, 3.63) is 41.7 Å². The van der Waals surface area contributed by atoms with E-state index in [1.54, 1.807) is 32.1 Å². The Kier molecular flexibility index (Phi) is 8.19. The van der Waals surface area contributed by atoms with Crippen molar-refractivity contribution >= 4 is 55.0 Å². The average Bonchev–Trinajstić information content (AvgIpc) is 3.51. The second-order valence-corrected chi connectivity index (χ2v) is 12.2. The molecule has 0 spiro atoms. The van der Waals surface area contributed by atoms with Crippen LogP contribution in [0.2, 0.25) is 0 Å². The maximum Gasteiger partial charge on any atom is 0.329 e. The third-order valence-corrected chi connectivity index (χ3v) is 9.60. The van der Waals surface area contributed by atoms with Gasteiger partial charge in [-0.15, -0.1) is 0 Å². The summed E-state index contributed by atoms with van der Waals surface area (Å²) in [4.78, 5) is 37.9. The first kappa shape index (κ1) is 27.7. The lowest BCUT2D eigenvalue weighted by Crippen LogP contribution is -2.48. The van der Waals surface area contributed by atoms with Crippen molar-refractivity contribution < 1.29 is 22.7 Å². The summed E-state index contributed by atoms with van der Waals surface area (Å²) in [7, 11) is -0.437. The number of aromatic nitrogens is 2. The Labute approximate surface area is 226 Å². The molecule has 1 aliphatic heterocycles. The minimum Gasteiger partial charge on any atom is -0.464 e. The number of nitrogens with zero attached hydrogens (tertiary/aromatic N) is 4. The highest BCUT2D eigenvalue weighted by Crippen LogP contribution is 2.29. The molecule has 3 N–H and O–H groups in total. The maximum atomic E-state index is 13.4. The van der Waals surface area contributed by atoms with Gasteiger partial charge in [-0.2, -0.15) is 4.72 Å². The van der Waals surface area contributed by atoms with Gasteiger partial charge < -0.3 is 20.3 Å². The van der Waals surface area contributed by atoms with E-state index in [9.17, 15) is 18.0 Å². The van der Waals surface area contributed by atoms with Gasteiger partial charge in [0.2, 0.25) is 5.91 Å². The molecule has 1 amide bonds. The lowest BCUT2D eigenvalue weighted by atomic mass is 9.94. The molecule has 4 rings (SSSR count). The maximum absolute atomic E-state index is 13.4. The van der Waals surface area contributed by atoms with Crippen LogP contribution in [0.25, 0.3) is 10.8 Å². The third-order valence-electron chi connectivity index (χ3n) is 6.50. The predicted octanol–water partition coefficient (Wildman–Crippen LogP) is 1.96. The molecule has 13 heteroatoms. The fraction of sp³-hybridized carbons (Fsp3) is 0.440. The number of pyridine rings is 1. The smallest absolute Gasteiger partial charge is 0.329 e. The second-order valence-electron chi connectivity index (χ2n) is 9.21. The van der Waals surface area contributed by atoms with Crippen molar-refractivity contribution in [3.63, 3.8) is 0 Å². The summed E-state index contributed by atoms with van der Waals surface area (Å²) in [6, 6.07) is 3.89. The molecule has 38 heavy (non-hydrogen) atoms. The van der Waals surface area contributed by atoms with Crippen LogP contribution < -0.4 is 15.4 Å². The van der Waals surface area contributed by atoms with Crippen LogP contribution in [-0.2, 0) is 37.2 Å². The van der Waals surface area contributed by atoms with Gasteiger partial charge in [0.15, 0.2) is 9.34 Å². The summed E-state index contributed by atoms with van der Waals surface area (Å²) in [5, 5.41) is 2.24. The molecule has 1 fully saturated rings. The Morgan fingerprint density at radius 2 is 2.05 bits per heavy atom. The summed E-state index contributed by atoms with van der Waals surface area (Å²) in [5.41, 5.74) is 7.93. The molecule has 1 aliphatic rings. The molecule has 0 unspecified atom stereocenters. The van der Waals surface area contributed by atoms with Crippen molar-refractivity contribution in [1.82, 2.24) is 19.6 Å². The van der Waals surface area contributed by atoms with E-state index in [4.69, 9.17) is 10.5 Å². The zero-order valence-electron chi connectivity index (χ0n) is 21.8. The van der Waals surface area contributed by atoms with Gasteiger partial charge in [0.1, 0.15) is 17.9 Å². The number of benzene rings is 1. The van der Waals surface area contributed by atoms with E-state index in [1.165, 1.54) is 11.1 Å². The normalized spacial score (nSPS) is 16.7. The van der Waals surface area contributed by atoms with Crippen molar-refractivity contribution in [1.29, 1.82) is 0 Å². The van der Waals surface area contributed by atoms with Crippen LogP contribution in [0.4, 0.5) is 10.9 Å². The van der Waals surface area contributed by atoms with E-state index in [2.05, 4.69) is 14.7 Å². The lowest BCUT2D eigenvalue weighted by Gasteiger charge is -2.27. The van der Waals surface area contributed by atoms with Crippen LogP contribution in [0.15, 0.2) is 34.8 Å². The first-order valence-corrected chi connectivity index (χ1v) is 14.6. The fourth-order valence-electron chi connectivity index (χ4n) is 4.57. The highest BCUT2D eigenvalue weighted by molar-refractivity contribution is 7.91. The Morgan fingerprint density at radius 1 is 1.29 bits per heavy atom. The Balaban J connectivity index is 1.59. The number of ether oxygens (including phenoxy) is 1. The zero-order chi connectivity index (χ0) is 27.6. The molecule has 1 aromatic carbocycles. The van der Waals surface area contributed by atoms with Gasteiger partial charge in [0, 0.05) is 38.6 Å². The topological polar surface area (TPSA) is 148 Å². The van der Waals surface area contributed by atoms with Crippen LogP contribution in [0, 0.1) is 0 Å². The van der Waals surface area contributed by atoms with Gasteiger partial charge in [0.05, 0.1) is 12.8 Å². The number of anilines is 2. The van der Waals surface area contributed by atoms with E-state index in [0.29, 0.717) is 17.4 Å². The highest BCUT2D eigenvalue weighted by Gasteiger charge is 2.42. The first-order valence-electron chi connectivity index (χ1n) is 12.3. The van der Waals surface area contributed by atoms with Crippen LogP contribution in [0.3, 0.4) is 0 Å². The van der Waals surface area contributed by atoms with E-state index >= 15 is 0 Å². The molecule has 0 bridgehead atoms. The summed E-state index contributed by atoms with van der Waals surface area (Å²) >= 11 is 1.01. The number of nitrogens with two attached hydrogens (primary N) is 1. The summed E-state index contributed by atoms with van der Waals surface area (Å²) in [6.45, 7) is 4.09. The number of carbonyl (C=O) groups is 2. The number of esters is 1. The molecule has 3 aromatic rings. The van der Waals surface area contributed by atoms with Crippen molar-refractivity contribution in [2.45, 2.75) is 49.4 Å². The Bertz CT molecular complexity index is 1460. The minimum absolute atomic E-state index is 0.0203. The fourth-order valence-corrected chi connectivity index (χ4v) is 6.85. The number of amides is 1. The zero-order valence-corrected chi connectivity index (χ0v) is 23.4. The van der Waals surface area contributed by atoms with Crippen LogP contribution in [0.5, 0.6) is 0 Å². The lowest BCUT2D eigenvalue weighted by molar-refractivity contribution is -0.153. The number of fused-ring (bicyclic) bond motifs is 1. The van der Waals surface area contributed by atoms with Gasteiger partial charge in [-0.1, -0.05) is 24.3 Å².